The molecule has 0 amide bonds. The minimum absolute atomic E-state index is 0.257. The Morgan fingerprint density at radius 3 is 2.47 bits per heavy atom. The van der Waals surface area contributed by atoms with Crippen LogP contribution in [0.15, 0.2) is 52.2 Å². The lowest BCUT2D eigenvalue weighted by molar-refractivity contribution is 0.200. The molecule has 0 aliphatic rings. The number of ether oxygens (including phenoxy) is 1. The second kappa shape index (κ2) is 4.48. The second-order valence-electron chi connectivity index (χ2n) is 3.14. The lowest BCUT2D eigenvalue weighted by atomic mass is 10.3. The summed E-state index contributed by atoms with van der Waals surface area (Å²) in [6.07, 6.45) is 0.125. The molecular weight excluding hydrogens is 224 g/mol. The maximum Gasteiger partial charge on any atom is 0.430 e. The molecule has 0 fully saturated rings. The molecule has 0 unspecified atom stereocenters. The molecule has 0 atom stereocenters. The van der Waals surface area contributed by atoms with Crippen LogP contribution in [0.4, 0.5) is 4.79 Å². The lowest BCUT2D eigenvalue weighted by Crippen LogP contribution is -2.40. The van der Waals surface area contributed by atoms with Crippen molar-refractivity contribution in [3.05, 3.63) is 63.4 Å². The van der Waals surface area contributed by atoms with E-state index in [1.165, 1.54) is 0 Å². The van der Waals surface area contributed by atoms with Crippen LogP contribution in [-0.4, -0.2) is 15.6 Å². The monoisotopic (exact) mass is 232 g/mol. The molecule has 6 nitrogen and oxygen atoms in total. The van der Waals surface area contributed by atoms with Crippen LogP contribution in [0.2, 0.25) is 0 Å². The number of para-hydroxylation sites is 1. The van der Waals surface area contributed by atoms with Crippen molar-refractivity contribution in [3.63, 3.8) is 0 Å². The van der Waals surface area contributed by atoms with Crippen molar-refractivity contribution in [2.24, 2.45) is 0 Å². The summed E-state index contributed by atoms with van der Waals surface area (Å²) in [5, 5.41) is 0. The first-order valence-corrected chi connectivity index (χ1v) is 4.76. The first-order chi connectivity index (χ1) is 8.18. The van der Waals surface area contributed by atoms with Gasteiger partial charge in [0.15, 0.2) is 0 Å². The van der Waals surface area contributed by atoms with Gasteiger partial charge in [0.1, 0.15) is 5.75 Å². The molecule has 0 spiro atoms. The summed E-state index contributed by atoms with van der Waals surface area (Å²) >= 11 is 0. The van der Waals surface area contributed by atoms with Gasteiger partial charge in [0.25, 0.3) is 5.56 Å². The highest BCUT2D eigenvalue weighted by atomic mass is 16.6. The van der Waals surface area contributed by atoms with Gasteiger partial charge in [-0.05, 0) is 12.1 Å². The van der Waals surface area contributed by atoms with Gasteiger partial charge in [0, 0.05) is 12.3 Å². The van der Waals surface area contributed by atoms with Gasteiger partial charge in [-0.15, -0.1) is 0 Å². The molecule has 1 N–H and O–H groups in total. The number of nitrogens with one attached hydrogen (secondary N) is 1. The lowest BCUT2D eigenvalue weighted by Gasteiger charge is -2.03. The smallest absolute Gasteiger partial charge is 0.410 e. The number of aromatic nitrogens is 2. The highest BCUT2D eigenvalue weighted by molar-refractivity contribution is 5.72. The third-order valence-electron chi connectivity index (χ3n) is 1.99. The maximum atomic E-state index is 11.6. The Kier molecular flexibility index (Phi) is 2.87. The molecule has 0 bridgehead atoms. The Morgan fingerprint density at radius 2 is 1.82 bits per heavy atom. The zero-order valence-electron chi connectivity index (χ0n) is 8.62. The molecule has 2 rings (SSSR count). The Bertz CT molecular complexity index is 614. The molecule has 0 aliphatic heterocycles. The maximum absolute atomic E-state index is 11.6. The van der Waals surface area contributed by atoms with Crippen LogP contribution in [0.25, 0.3) is 0 Å². The quantitative estimate of drug-likeness (QED) is 0.779. The van der Waals surface area contributed by atoms with Gasteiger partial charge in [0.05, 0.1) is 0 Å². The van der Waals surface area contributed by atoms with Crippen molar-refractivity contribution in [1.29, 1.82) is 0 Å². The fourth-order valence-electron chi connectivity index (χ4n) is 1.23. The number of hydrogen-bond acceptors (Lipinski definition) is 4. The van der Waals surface area contributed by atoms with E-state index in [1.807, 2.05) is 0 Å². The van der Waals surface area contributed by atoms with Crippen LogP contribution in [0.3, 0.4) is 0 Å². The van der Waals surface area contributed by atoms with Crippen molar-refractivity contribution in [3.8, 4) is 5.75 Å². The molecule has 17 heavy (non-hydrogen) atoms. The van der Waals surface area contributed by atoms with E-state index in [2.05, 4.69) is 4.98 Å². The van der Waals surface area contributed by atoms with Crippen LogP contribution in [0.5, 0.6) is 5.75 Å². The Morgan fingerprint density at radius 1 is 1.12 bits per heavy atom. The highest BCUT2D eigenvalue weighted by Crippen LogP contribution is 2.08. The van der Waals surface area contributed by atoms with Crippen molar-refractivity contribution in [1.82, 2.24) is 9.55 Å². The van der Waals surface area contributed by atoms with Crippen molar-refractivity contribution in [2.75, 3.05) is 0 Å². The number of H-pyrrole nitrogens is 1. The molecule has 2 aromatic rings. The molecule has 0 saturated heterocycles. The molecule has 1 aromatic carbocycles. The van der Waals surface area contributed by atoms with Gasteiger partial charge in [-0.25, -0.2) is 9.59 Å². The fraction of sp³-hybridized carbons (Fsp3) is 0. The zero-order valence-corrected chi connectivity index (χ0v) is 8.62. The van der Waals surface area contributed by atoms with Gasteiger partial charge in [-0.2, -0.15) is 4.57 Å². The van der Waals surface area contributed by atoms with Crippen LogP contribution < -0.4 is 16.0 Å². The standard InChI is InChI=1S/C11H8N2O4/c14-9-6-7-12-10(15)13(9)11(16)17-8-4-2-1-3-5-8/h1-7H,(H,12,15). The summed E-state index contributed by atoms with van der Waals surface area (Å²) in [5.41, 5.74) is -1.58. The first-order valence-electron chi connectivity index (χ1n) is 4.76. The van der Waals surface area contributed by atoms with E-state index in [4.69, 9.17) is 4.74 Å². The summed E-state index contributed by atoms with van der Waals surface area (Å²) in [6.45, 7) is 0. The van der Waals surface area contributed by atoms with Gasteiger partial charge in [-0.1, -0.05) is 18.2 Å². The molecule has 86 valence electrons. The van der Waals surface area contributed by atoms with Gasteiger partial charge < -0.3 is 9.72 Å². The Balaban J connectivity index is 2.34. The Labute approximate surface area is 95.1 Å². The number of rotatable bonds is 1. The zero-order chi connectivity index (χ0) is 12.3. The predicted molar refractivity (Wildman–Crippen MR) is 59.2 cm³/mol. The van der Waals surface area contributed by atoms with E-state index in [-0.39, 0.29) is 5.75 Å². The molecule has 0 saturated carbocycles. The summed E-state index contributed by atoms with van der Waals surface area (Å²) in [6, 6.07) is 9.23. The number of carbonyl (C=O) groups is 1. The fourth-order valence-corrected chi connectivity index (χ4v) is 1.23. The summed E-state index contributed by atoms with van der Waals surface area (Å²) < 4.78 is 5.25. The van der Waals surface area contributed by atoms with Crippen molar-refractivity contribution >= 4 is 6.09 Å². The van der Waals surface area contributed by atoms with E-state index in [9.17, 15) is 14.4 Å². The number of hydrogen-bond donors (Lipinski definition) is 1. The summed E-state index contributed by atoms with van der Waals surface area (Å²) in [5.74, 6) is 0.257. The highest BCUT2D eigenvalue weighted by Gasteiger charge is 2.12. The van der Waals surface area contributed by atoms with Gasteiger partial charge in [0.2, 0.25) is 0 Å². The minimum atomic E-state index is -1.04. The van der Waals surface area contributed by atoms with E-state index >= 15 is 0 Å². The van der Waals surface area contributed by atoms with Gasteiger partial charge >= 0.3 is 11.8 Å². The van der Waals surface area contributed by atoms with Crippen LogP contribution in [0.1, 0.15) is 0 Å². The van der Waals surface area contributed by atoms with Crippen LogP contribution in [-0.2, 0) is 0 Å². The average molecular weight is 232 g/mol. The van der Waals surface area contributed by atoms with E-state index in [1.54, 1.807) is 30.3 Å². The topological polar surface area (TPSA) is 81.2 Å². The molecule has 0 aliphatic carbocycles. The summed E-state index contributed by atoms with van der Waals surface area (Å²) in [4.78, 5) is 36.4. The van der Waals surface area contributed by atoms with Crippen molar-refractivity contribution < 1.29 is 9.53 Å². The van der Waals surface area contributed by atoms with E-state index in [0.717, 1.165) is 12.3 Å². The number of aromatic amines is 1. The SMILES string of the molecule is O=C(Oc1ccccc1)n1c(=O)cc[nH]c1=O. The molecule has 1 aromatic heterocycles. The summed E-state index contributed by atoms with van der Waals surface area (Å²) in [7, 11) is 0. The molecule has 6 heteroatoms. The largest absolute Gasteiger partial charge is 0.430 e. The number of nitrogens with zero attached hydrogens (tertiary/aromatic N) is 1. The number of carbonyl (C=O) groups excluding carboxylic acids is 1. The second-order valence-corrected chi connectivity index (χ2v) is 3.14. The predicted octanol–water partition coefficient (Wildman–Crippen LogP) is 0.584. The molecular formula is C11H8N2O4. The van der Waals surface area contributed by atoms with E-state index in [0.29, 0.717) is 4.57 Å². The Hall–Kier alpha value is -2.63. The van der Waals surface area contributed by atoms with Gasteiger partial charge in [-0.3, -0.25) is 4.79 Å². The van der Waals surface area contributed by atoms with Crippen molar-refractivity contribution in [2.45, 2.75) is 0 Å². The third kappa shape index (κ3) is 2.31. The van der Waals surface area contributed by atoms with Crippen LogP contribution >= 0.6 is 0 Å². The number of benzene rings is 1. The van der Waals surface area contributed by atoms with E-state index < -0.39 is 17.3 Å². The molecule has 1 heterocycles. The van der Waals surface area contributed by atoms with Crippen LogP contribution in [0, 0.1) is 0 Å². The normalized spacial score (nSPS) is 9.88. The minimum Gasteiger partial charge on any atom is -0.410 e. The average Bonchev–Trinajstić information content (AvgIpc) is 2.30. The first kappa shape index (κ1) is 10.9. The molecule has 0 radical (unpaired) electrons. The third-order valence-corrected chi connectivity index (χ3v) is 1.99.